The molecule has 0 fully saturated rings. The third-order valence-corrected chi connectivity index (χ3v) is 1.77. The smallest absolute Gasteiger partial charge is 0.322 e. The Morgan fingerprint density at radius 3 is 2.67 bits per heavy atom. The van der Waals surface area contributed by atoms with Crippen LogP contribution in [0.5, 0.6) is 0 Å². The second-order valence-electron chi connectivity index (χ2n) is 3.05. The van der Waals surface area contributed by atoms with Crippen molar-refractivity contribution < 1.29 is 19.4 Å². The van der Waals surface area contributed by atoms with Gasteiger partial charge in [-0.05, 0) is 0 Å². The summed E-state index contributed by atoms with van der Waals surface area (Å²) >= 11 is 0. The first kappa shape index (κ1) is 13.7. The number of carboxylic acids is 1. The summed E-state index contributed by atoms with van der Waals surface area (Å²) in [6, 6.07) is -1.45. The van der Waals surface area contributed by atoms with E-state index in [-0.39, 0.29) is 12.6 Å². The number of carbonyl (C=O) groups is 2. The van der Waals surface area contributed by atoms with Crippen molar-refractivity contribution >= 4 is 12.0 Å². The maximum Gasteiger partial charge on any atom is 0.322 e. The Kier molecular flexibility index (Phi) is 6.39. The number of amides is 2. The van der Waals surface area contributed by atoms with Crippen molar-refractivity contribution in [3.63, 3.8) is 0 Å². The predicted molar refractivity (Wildman–Crippen MR) is 53.5 cm³/mol. The fraction of sp³-hybridized carbons (Fsp3) is 0.750. The van der Waals surface area contributed by atoms with Gasteiger partial charge in [-0.3, -0.25) is 4.79 Å². The minimum Gasteiger partial charge on any atom is -0.480 e. The normalized spacial score (nSPS) is 11.9. The van der Waals surface area contributed by atoms with Crippen LogP contribution in [0.4, 0.5) is 4.79 Å². The lowest BCUT2D eigenvalue weighted by Crippen LogP contribution is -2.46. The van der Waals surface area contributed by atoms with Gasteiger partial charge < -0.3 is 25.8 Å². The number of nitrogens with two attached hydrogens (primary N) is 1. The van der Waals surface area contributed by atoms with Gasteiger partial charge in [-0.2, -0.15) is 0 Å². The van der Waals surface area contributed by atoms with E-state index in [2.05, 4.69) is 5.32 Å². The average molecular weight is 219 g/mol. The summed E-state index contributed by atoms with van der Waals surface area (Å²) in [6.07, 6.45) is 0. The number of urea groups is 1. The first-order valence-electron chi connectivity index (χ1n) is 4.45. The van der Waals surface area contributed by atoms with Gasteiger partial charge in [0, 0.05) is 27.2 Å². The molecule has 0 radical (unpaired) electrons. The van der Waals surface area contributed by atoms with E-state index in [1.54, 1.807) is 7.05 Å². The first-order chi connectivity index (χ1) is 6.99. The van der Waals surface area contributed by atoms with Gasteiger partial charge in [0.05, 0.1) is 6.61 Å². The molecule has 1 atom stereocenters. The van der Waals surface area contributed by atoms with Gasteiger partial charge >= 0.3 is 12.0 Å². The molecule has 0 aliphatic heterocycles. The van der Waals surface area contributed by atoms with E-state index in [0.717, 1.165) is 0 Å². The Morgan fingerprint density at radius 2 is 2.20 bits per heavy atom. The molecule has 0 aromatic heterocycles. The predicted octanol–water partition coefficient (Wildman–Crippen LogP) is -1.31. The molecule has 4 N–H and O–H groups in total. The molecule has 0 aliphatic carbocycles. The largest absolute Gasteiger partial charge is 0.480 e. The van der Waals surface area contributed by atoms with Crippen molar-refractivity contribution in [3.05, 3.63) is 0 Å². The maximum absolute atomic E-state index is 11.3. The molecule has 0 rings (SSSR count). The molecule has 0 aromatic carbocycles. The van der Waals surface area contributed by atoms with Crippen LogP contribution in [0.25, 0.3) is 0 Å². The molecule has 15 heavy (non-hydrogen) atoms. The average Bonchev–Trinajstić information content (AvgIpc) is 2.21. The molecule has 0 heterocycles. The second kappa shape index (κ2) is 7.02. The minimum absolute atomic E-state index is 0.0918. The highest BCUT2D eigenvalue weighted by molar-refractivity contribution is 5.77. The number of aliphatic carboxylic acids is 1. The Hall–Kier alpha value is -1.34. The fourth-order valence-electron chi connectivity index (χ4n) is 0.749. The third-order valence-electron chi connectivity index (χ3n) is 1.77. The van der Waals surface area contributed by atoms with Crippen molar-refractivity contribution in [2.75, 3.05) is 33.9 Å². The van der Waals surface area contributed by atoms with Gasteiger partial charge in [0.15, 0.2) is 0 Å². The zero-order valence-electron chi connectivity index (χ0n) is 8.90. The Morgan fingerprint density at radius 1 is 1.60 bits per heavy atom. The van der Waals surface area contributed by atoms with E-state index in [0.29, 0.717) is 13.2 Å². The molecule has 2 amide bonds. The quantitative estimate of drug-likeness (QED) is 0.514. The van der Waals surface area contributed by atoms with E-state index < -0.39 is 12.0 Å². The van der Waals surface area contributed by atoms with Crippen LogP contribution in [-0.4, -0.2) is 61.9 Å². The first-order valence-corrected chi connectivity index (χ1v) is 4.45. The SMILES string of the molecule is COCCN(C)C(=O)NC[C@H](N)C(=O)O. The number of nitrogens with one attached hydrogen (secondary N) is 1. The molecule has 7 nitrogen and oxygen atoms in total. The van der Waals surface area contributed by atoms with Gasteiger partial charge in [0.1, 0.15) is 6.04 Å². The molecule has 7 heteroatoms. The third kappa shape index (κ3) is 5.87. The van der Waals surface area contributed by atoms with Crippen LogP contribution in [0, 0.1) is 0 Å². The highest BCUT2D eigenvalue weighted by Gasteiger charge is 2.14. The van der Waals surface area contributed by atoms with E-state index in [9.17, 15) is 9.59 Å². The van der Waals surface area contributed by atoms with Crippen molar-refractivity contribution in [3.8, 4) is 0 Å². The van der Waals surface area contributed by atoms with Crippen LogP contribution >= 0.6 is 0 Å². The number of likely N-dealkylation sites (N-methyl/N-ethyl adjacent to an activating group) is 1. The Bertz CT molecular complexity index is 222. The molecule has 0 aromatic rings. The zero-order chi connectivity index (χ0) is 11.8. The van der Waals surface area contributed by atoms with Crippen LogP contribution in [0.1, 0.15) is 0 Å². The summed E-state index contributed by atoms with van der Waals surface area (Å²) in [5.74, 6) is -1.14. The molecule has 0 spiro atoms. The molecule has 0 saturated heterocycles. The highest BCUT2D eigenvalue weighted by atomic mass is 16.5. The van der Waals surface area contributed by atoms with Crippen LogP contribution in [0.3, 0.4) is 0 Å². The van der Waals surface area contributed by atoms with E-state index in [4.69, 9.17) is 15.6 Å². The van der Waals surface area contributed by atoms with Crippen LogP contribution < -0.4 is 11.1 Å². The monoisotopic (exact) mass is 219 g/mol. The van der Waals surface area contributed by atoms with Gasteiger partial charge in [0.2, 0.25) is 0 Å². The number of rotatable bonds is 6. The topological polar surface area (TPSA) is 105 Å². The van der Waals surface area contributed by atoms with Gasteiger partial charge in [-0.15, -0.1) is 0 Å². The summed E-state index contributed by atoms with van der Waals surface area (Å²) in [6.45, 7) is 0.769. The number of carboxylic acid groups (broad SMARTS) is 1. The van der Waals surface area contributed by atoms with Crippen molar-refractivity contribution in [2.45, 2.75) is 6.04 Å². The molecule has 0 aliphatic rings. The second-order valence-corrected chi connectivity index (χ2v) is 3.05. The highest BCUT2D eigenvalue weighted by Crippen LogP contribution is 1.85. The number of ether oxygens (including phenoxy) is 1. The van der Waals surface area contributed by atoms with Crippen molar-refractivity contribution in [1.82, 2.24) is 10.2 Å². The van der Waals surface area contributed by atoms with E-state index >= 15 is 0 Å². The molecule has 88 valence electrons. The number of hydrogen-bond donors (Lipinski definition) is 3. The lowest BCUT2D eigenvalue weighted by Gasteiger charge is -2.18. The van der Waals surface area contributed by atoms with Crippen molar-refractivity contribution in [1.29, 1.82) is 0 Å². The fourth-order valence-corrected chi connectivity index (χ4v) is 0.749. The van der Waals surface area contributed by atoms with E-state index in [1.807, 2.05) is 0 Å². The summed E-state index contributed by atoms with van der Waals surface area (Å²) in [5, 5.41) is 10.9. The lowest BCUT2D eigenvalue weighted by atomic mass is 10.3. The Labute approximate surface area is 88.2 Å². The number of methoxy groups -OCH3 is 1. The molecule has 0 bridgehead atoms. The van der Waals surface area contributed by atoms with Gasteiger partial charge in [0.25, 0.3) is 0 Å². The lowest BCUT2D eigenvalue weighted by molar-refractivity contribution is -0.138. The molecular formula is C8H17N3O4. The standard InChI is InChI=1S/C8H17N3O4/c1-11(3-4-15-2)8(14)10-5-6(9)7(12)13/h6H,3-5,9H2,1-2H3,(H,10,14)(H,12,13)/t6-/m0/s1. The summed E-state index contributed by atoms with van der Waals surface area (Å²) in [5.41, 5.74) is 5.21. The van der Waals surface area contributed by atoms with Gasteiger partial charge in [-0.25, -0.2) is 4.79 Å². The number of carbonyl (C=O) groups excluding carboxylic acids is 1. The zero-order valence-corrected chi connectivity index (χ0v) is 8.90. The number of nitrogens with zero attached hydrogens (tertiary/aromatic N) is 1. The van der Waals surface area contributed by atoms with Crippen LogP contribution in [0.15, 0.2) is 0 Å². The van der Waals surface area contributed by atoms with Crippen LogP contribution in [0.2, 0.25) is 0 Å². The van der Waals surface area contributed by atoms with E-state index in [1.165, 1.54) is 12.0 Å². The molecular weight excluding hydrogens is 202 g/mol. The van der Waals surface area contributed by atoms with Gasteiger partial charge in [-0.1, -0.05) is 0 Å². The molecule has 0 unspecified atom stereocenters. The Balaban J connectivity index is 3.77. The summed E-state index contributed by atoms with van der Waals surface area (Å²) in [4.78, 5) is 23.0. The van der Waals surface area contributed by atoms with Crippen LogP contribution in [-0.2, 0) is 9.53 Å². The number of hydrogen-bond acceptors (Lipinski definition) is 4. The van der Waals surface area contributed by atoms with Crippen molar-refractivity contribution in [2.24, 2.45) is 5.73 Å². The molecule has 0 saturated carbocycles. The minimum atomic E-state index is -1.14. The summed E-state index contributed by atoms with van der Waals surface area (Å²) in [7, 11) is 3.12. The summed E-state index contributed by atoms with van der Waals surface area (Å²) < 4.78 is 4.79. The maximum atomic E-state index is 11.3.